The molecule has 1 aliphatic heterocycles. The van der Waals surface area contributed by atoms with Gasteiger partial charge in [0.05, 0.1) is 29.9 Å². The first kappa shape index (κ1) is 20.3. The van der Waals surface area contributed by atoms with Gasteiger partial charge in [-0.05, 0) is 36.0 Å². The molecular weight excluding hydrogens is 506 g/mol. The molecule has 1 unspecified atom stereocenters. The number of fused-ring (bicyclic) bond motifs is 1. The average Bonchev–Trinajstić information content (AvgIpc) is 3.03. The van der Waals surface area contributed by atoms with Gasteiger partial charge in [0.2, 0.25) is 0 Å². The van der Waals surface area contributed by atoms with Crippen molar-refractivity contribution in [3.63, 3.8) is 0 Å². The number of thioether (sulfide) groups is 1. The fourth-order valence-corrected chi connectivity index (χ4v) is 5.04. The summed E-state index contributed by atoms with van der Waals surface area (Å²) in [5.41, 5.74) is 4.17. The topological polar surface area (TPSA) is 59.7 Å². The molecule has 1 aliphatic rings. The SMILES string of the molecule is COCCN1N=C(c2ccc3c(c2)nc(-c2cccc(F)c2)n3C)C(I)SC1=O. The monoisotopic (exact) mass is 524 g/mol. The van der Waals surface area contributed by atoms with E-state index in [4.69, 9.17) is 9.72 Å². The third-order valence-electron chi connectivity index (χ3n) is 4.63. The second-order valence-electron chi connectivity index (χ2n) is 6.51. The van der Waals surface area contributed by atoms with Crippen molar-refractivity contribution in [2.75, 3.05) is 20.3 Å². The molecule has 9 heteroatoms. The summed E-state index contributed by atoms with van der Waals surface area (Å²) in [5.74, 6) is 0.400. The number of imidazole rings is 1. The van der Waals surface area contributed by atoms with Crippen LogP contribution in [0, 0.1) is 5.82 Å². The Balaban J connectivity index is 1.74. The molecule has 1 amide bonds. The van der Waals surface area contributed by atoms with Crippen molar-refractivity contribution in [3.8, 4) is 11.4 Å². The van der Waals surface area contributed by atoms with Gasteiger partial charge in [-0.1, -0.05) is 40.8 Å². The second-order valence-corrected chi connectivity index (χ2v) is 9.66. The number of benzene rings is 2. The van der Waals surface area contributed by atoms with Crippen molar-refractivity contribution in [3.05, 3.63) is 53.8 Å². The van der Waals surface area contributed by atoms with Crippen LogP contribution in [-0.2, 0) is 11.8 Å². The predicted octanol–water partition coefficient (Wildman–Crippen LogP) is 4.66. The minimum Gasteiger partial charge on any atom is -0.383 e. The molecule has 3 aromatic rings. The van der Waals surface area contributed by atoms with Crippen LogP contribution in [0.2, 0.25) is 0 Å². The molecule has 2 aromatic carbocycles. The maximum absolute atomic E-state index is 13.6. The number of ether oxygens (including phenoxy) is 1. The predicted molar refractivity (Wildman–Crippen MR) is 122 cm³/mol. The largest absolute Gasteiger partial charge is 0.383 e. The Kier molecular flexibility index (Phi) is 5.88. The van der Waals surface area contributed by atoms with Gasteiger partial charge in [-0.25, -0.2) is 14.4 Å². The van der Waals surface area contributed by atoms with Gasteiger partial charge < -0.3 is 9.30 Å². The fourth-order valence-electron chi connectivity index (χ4n) is 3.17. The normalized spacial score (nSPS) is 17.1. The molecule has 2 heterocycles. The van der Waals surface area contributed by atoms with Crippen LogP contribution in [0.15, 0.2) is 47.6 Å². The molecule has 1 atom stereocenters. The number of aryl methyl sites for hydroxylation is 1. The highest BCUT2D eigenvalue weighted by atomic mass is 127. The average molecular weight is 524 g/mol. The molecule has 0 saturated carbocycles. The van der Waals surface area contributed by atoms with E-state index in [2.05, 4.69) is 27.7 Å². The van der Waals surface area contributed by atoms with E-state index in [0.717, 1.165) is 27.9 Å². The Morgan fingerprint density at radius 3 is 2.83 bits per heavy atom. The Bertz CT molecular complexity index is 1120. The molecule has 150 valence electrons. The van der Waals surface area contributed by atoms with Gasteiger partial charge in [-0.2, -0.15) is 5.10 Å². The zero-order chi connectivity index (χ0) is 20.5. The number of alkyl halides is 1. The van der Waals surface area contributed by atoms with E-state index >= 15 is 0 Å². The number of carbonyl (C=O) groups is 1. The van der Waals surface area contributed by atoms with E-state index in [9.17, 15) is 9.18 Å². The summed E-state index contributed by atoms with van der Waals surface area (Å²) in [6.07, 6.45) is 0. The van der Waals surface area contributed by atoms with E-state index < -0.39 is 0 Å². The Labute approximate surface area is 185 Å². The smallest absolute Gasteiger partial charge is 0.303 e. The summed E-state index contributed by atoms with van der Waals surface area (Å²) >= 11 is 3.45. The number of hydrogen-bond acceptors (Lipinski definition) is 5. The molecule has 0 bridgehead atoms. The Morgan fingerprint density at radius 1 is 1.24 bits per heavy atom. The first-order valence-electron chi connectivity index (χ1n) is 8.90. The molecule has 0 aliphatic carbocycles. The Morgan fingerprint density at radius 2 is 2.07 bits per heavy atom. The van der Waals surface area contributed by atoms with Gasteiger partial charge in [0.1, 0.15) is 14.9 Å². The van der Waals surface area contributed by atoms with Crippen molar-refractivity contribution >= 4 is 56.3 Å². The number of amides is 1. The third kappa shape index (κ3) is 4.03. The highest BCUT2D eigenvalue weighted by Crippen LogP contribution is 2.32. The summed E-state index contributed by atoms with van der Waals surface area (Å²) in [6.45, 7) is 0.829. The number of nitrogens with zero attached hydrogens (tertiary/aromatic N) is 4. The summed E-state index contributed by atoms with van der Waals surface area (Å²) in [4.78, 5) is 16.9. The van der Waals surface area contributed by atoms with Crippen LogP contribution >= 0.6 is 34.4 Å². The second kappa shape index (κ2) is 8.41. The minimum atomic E-state index is -0.294. The van der Waals surface area contributed by atoms with Gasteiger partial charge in [0, 0.05) is 25.3 Å². The van der Waals surface area contributed by atoms with Crippen LogP contribution in [0.3, 0.4) is 0 Å². The number of aromatic nitrogens is 2. The van der Waals surface area contributed by atoms with Gasteiger partial charge in [0.25, 0.3) is 0 Å². The maximum Gasteiger partial charge on any atom is 0.303 e. The summed E-state index contributed by atoms with van der Waals surface area (Å²) in [6, 6.07) is 12.3. The van der Waals surface area contributed by atoms with Crippen LogP contribution in [0.25, 0.3) is 22.4 Å². The van der Waals surface area contributed by atoms with Crippen molar-refractivity contribution < 1.29 is 13.9 Å². The summed E-state index contributed by atoms with van der Waals surface area (Å²) in [7, 11) is 3.51. The lowest BCUT2D eigenvalue weighted by Crippen LogP contribution is -2.34. The Hall–Kier alpha value is -1.98. The number of carbonyl (C=O) groups excluding carboxylic acids is 1. The molecule has 1 aromatic heterocycles. The van der Waals surface area contributed by atoms with E-state index in [1.807, 2.05) is 35.9 Å². The van der Waals surface area contributed by atoms with E-state index in [1.54, 1.807) is 13.2 Å². The molecule has 29 heavy (non-hydrogen) atoms. The zero-order valence-corrected chi connectivity index (χ0v) is 18.8. The molecule has 6 nitrogen and oxygen atoms in total. The molecule has 0 N–H and O–H groups in total. The molecule has 0 saturated heterocycles. The van der Waals surface area contributed by atoms with Gasteiger partial charge in [-0.15, -0.1) is 0 Å². The first-order chi connectivity index (χ1) is 14.0. The molecule has 4 rings (SSSR count). The highest BCUT2D eigenvalue weighted by molar-refractivity contribution is 14.1. The van der Waals surface area contributed by atoms with Crippen molar-refractivity contribution in [1.29, 1.82) is 0 Å². The van der Waals surface area contributed by atoms with Crippen LogP contribution < -0.4 is 0 Å². The lowest BCUT2D eigenvalue weighted by atomic mass is 10.1. The first-order valence-corrected chi connectivity index (χ1v) is 11.0. The molecule has 0 spiro atoms. The van der Waals surface area contributed by atoms with Crippen molar-refractivity contribution in [1.82, 2.24) is 14.6 Å². The lowest BCUT2D eigenvalue weighted by Gasteiger charge is -2.25. The zero-order valence-electron chi connectivity index (χ0n) is 15.8. The van der Waals surface area contributed by atoms with Gasteiger partial charge in [0.15, 0.2) is 0 Å². The number of rotatable bonds is 5. The van der Waals surface area contributed by atoms with Gasteiger partial charge in [-0.3, -0.25) is 4.79 Å². The van der Waals surface area contributed by atoms with Gasteiger partial charge >= 0.3 is 5.24 Å². The number of hydrazone groups is 1. The standard InChI is InChI=1S/C20H18FIN4O2S/c1-25-16-7-6-12(17-18(22)29-20(27)26(24-17)8-9-28-2)11-15(16)23-19(25)13-4-3-5-14(21)10-13/h3-7,10-11,18H,8-9H2,1-2H3. The lowest BCUT2D eigenvalue weighted by molar-refractivity contribution is 0.161. The fraction of sp³-hybridized carbons (Fsp3) is 0.250. The summed E-state index contributed by atoms with van der Waals surface area (Å²) < 4.78 is 20.6. The minimum absolute atomic E-state index is 0.0856. The van der Waals surface area contributed by atoms with Crippen molar-refractivity contribution in [2.24, 2.45) is 12.1 Å². The number of halogens is 2. The van der Waals surface area contributed by atoms with E-state index in [1.165, 1.54) is 28.9 Å². The molecular formula is C20H18FIN4O2S. The summed E-state index contributed by atoms with van der Waals surface area (Å²) in [5, 5.41) is 5.92. The third-order valence-corrected chi connectivity index (χ3v) is 6.82. The van der Waals surface area contributed by atoms with Crippen LogP contribution in [0.5, 0.6) is 0 Å². The molecule has 0 radical (unpaired) electrons. The van der Waals surface area contributed by atoms with Crippen molar-refractivity contribution in [2.45, 2.75) is 3.26 Å². The quantitative estimate of drug-likeness (QED) is 0.360. The molecule has 0 fully saturated rings. The van der Waals surface area contributed by atoms with E-state index in [-0.39, 0.29) is 14.3 Å². The highest BCUT2D eigenvalue weighted by Gasteiger charge is 2.29. The number of methoxy groups -OCH3 is 1. The van der Waals surface area contributed by atoms with Crippen LogP contribution in [0.1, 0.15) is 5.56 Å². The van der Waals surface area contributed by atoms with E-state index in [0.29, 0.717) is 19.0 Å². The van der Waals surface area contributed by atoms with Crippen LogP contribution in [0.4, 0.5) is 9.18 Å². The maximum atomic E-state index is 13.6. The van der Waals surface area contributed by atoms with Crippen LogP contribution in [-0.4, -0.2) is 49.0 Å². The number of hydrogen-bond donors (Lipinski definition) is 0.